The zero-order valence-corrected chi connectivity index (χ0v) is 17.9. The van der Waals surface area contributed by atoms with Gasteiger partial charge in [-0.05, 0) is 48.4 Å². The van der Waals surface area contributed by atoms with E-state index in [9.17, 15) is 26.4 Å². The number of anilines is 2. The highest BCUT2D eigenvalue weighted by Crippen LogP contribution is 2.26. The summed E-state index contributed by atoms with van der Waals surface area (Å²) in [5, 5.41) is 12.6. The van der Waals surface area contributed by atoms with Gasteiger partial charge in [0.2, 0.25) is 10.0 Å². The maximum Gasteiger partial charge on any atom is 0.573 e. The standard InChI is InChI=1S/C19H17F3N4O4S2/c20-19(21,22)30-14-5-3-13(4-6-14)25-18-26-16(11-31-18)17(27)24-10-9-12-1-7-15(8-2-12)32(23,28)29/h1-8,11H,9-10H2,(H,24,27)(H,25,26)(H2,23,28,29). The van der Waals surface area contributed by atoms with Gasteiger partial charge < -0.3 is 15.4 Å². The Balaban J connectivity index is 1.50. The predicted octanol–water partition coefficient (Wildman–Crippen LogP) is 3.41. The number of hydrogen-bond donors (Lipinski definition) is 3. The minimum atomic E-state index is -4.76. The lowest BCUT2D eigenvalue weighted by molar-refractivity contribution is -0.274. The maximum atomic E-state index is 12.3. The van der Waals surface area contributed by atoms with Crippen LogP contribution in [0.5, 0.6) is 5.75 Å². The largest absolute Gasteiger partial charge is 0.573 e. The highest BCUT2D eigenvalue weighted by molar-refractivity contribution is 7.89. The molecule has 8 nitrogen and oxygen atoms in total. The number of nitrogens with zero attached hydrogens (tertiary/aromatic N) is 1. The number of ether oxygens (including phenoxy) is 1. The lowest BCUT2D eigenvalue weighted by Crippen LogP contribution is -2.26. The van der Waals surface area contributed by atoms with Crippen LogP contribution < -0.4 is 20.5 Å². The third kappa shape index (κ3) is 6.93. The molecule has 0 bridgehead atoms. The quantitative estimate of drug-likeness (QED) is 0.448. The maximum absolute atomic E-state index is 12.3. The van der Waals surface area contributed by atoms with Gasteiger partial charge in [-0.3, -0.25) is 4.79 Å². The Morgan fingerprint density at radius 1 is 1.09 bits per heavy atom. The molecular formula is C19H17F3N4O4S2. The molecule has 2 aromatic carbocycles. The van der Waals surface area contributed by atoms with E-state index in [0.29, 0.717) is 23.8 Å². The fourth-order valence-electron chi connectivity index (χ4n) is 2.56. The number of hydrogen-bond acceptors (Lipinski definition) is 7. The van der Waals surface area contributed by atoms with Gasteiger partial charge in [0.25, 0.3) is 5.91 Å². The van der Waals surface area contributed by atoms with Crippen molar-refractivity contribution in [3.8, 4) is 5.75 Å². The SMILES string of the molecule is NS(=O)(=O)c1ccc(CCNC(=O)c2csc(Nc3ccc(OC(F)(F)F)cc3)n2)cc1. The first-order valence-corrected chi connectivity index (χ1v) is 11.4. The number of amides is 1. The van der Waals surface area contributed by atoms with Crippen LogP contribution in [-0.4, -0.2) is 32.2 Å². The molecule has 0 fully saturated rings. The van der Waals surface area contributed by atoms with Gasteiger partial charge in [-0.1, -0.05) is 12.1 Å². The van der Waals surface area contributed by atoms with Gasteiger partial charge >= 0.3 is 6.36 Å². The normalized spacial score (nSPS) is 11.8. The summed E-state index contributed by atoms with van der Waals surface area (Å²) < 4.78 is 62.9. The Labute approximate surface area is 185 Å². The number of thiazole rings is 1. The molecule has 170 valence electrons. The summed E-state index contributed by atoms with van der Waals surface area (Å²) in [5.41, 5.74) is 1.47. The monoisotopic (exact) mass is 486 g/mol. The minimum absolute atomic E-state index is 0.00954. The number of benzene rings is 2. The van der Waals surface area contributed by atoms with Crippen molar-refractivity contribution in [2.45, 2.75) is 17.7 Å². The molecule has 0 aliphatic rings. The van der Waals surface area contributed by atoms with E-state index in [0.717, 1.165) is 29.0 Å². The number of primary sulfonamides is 1. The first-order valence-electron chi connectivity index (χ1n) is 8.98. The van der Waals surface area contributed by atoms with Crippen molar-refractivity contribution in [3.05, 3.63) is 65.2 Å². The average molecular weight is 486 g/mol. The smallest absolute Gasteiger partial charge is 0.406 e. The van der Waals surface area contributed by atoms with Crippen molar-refractivity contribution in [1.29, 1.82) is 0 Å². The van der Waals surface area contributed by atoms with Crippen molar-refractivity contribution in [1.82, 2.24) is 10.3 Å². The van der Waals surface area contributed by atoms with Crippen LogP contribution in [0.1, 0.15) is 16.1 Å². The van der Waals surface area contributed by atoms with Crippen molar-refractivity contribution >= 4 is 38.1 Å². The van der Waals surface area contributed by atoms with Crippen LogP contribution in [0, 0.1) is 0 Å². The van der Waals surface area contributed by atoms with Crippen LogP contribution in [0.25, 0.3) is 0 Å². The summed E-state index contributed by atoms with van der Waals surface area (Å²) >= 11 is 1.16. The van der Waals surface area contributed by atoms with Crippen LogP contribution in [0.3, 0.4) is 0 Å². The Morgan fingerprint density at radius 3 is 2.34 bits per heavy atom. The average Bonchev–Trinajstić information content (AvgIpc) is 3.17. The number of halogens is 3. The number of nitrogens with two attached hydrogens (primary N) is 1. The highest BCUT2D eigenvalue weighted by Gasteiger charge is 2.30. The number of sulfonamides is 1. The molecule has 0 radical (unpaired) electrons. The Hall–Kier alpha value is -3.16. The van der Waals surface area contributed by atoms with Gasteiger partial charge in [-0.25, -0.2) is 18.5 Å². The van der Waals surface area contributed by atoms with E-state index in [-0.39, 0.29) is 16.3 Å². The molecule has 0 saturated carbocycles. The highest BCUT2D eigenvalue weighted by atomic mass is 32.2. The molecule has 1 amide bonds. The summed E-state index contributed by atoms with van der Waals surface area (Å²) in [6, 6.07) is 11.1. The summed E-state index contributed by atoms with van der Waals surface area (Å²) in [4.78, 5) is 16.4. The zero-order valence-electron chi connectivity index (χ0n) is 16.2. The van der Waals surface area contributed by atoms with Crippen molar-refractivity contribution in [2.75, 3.05) is 11.9 Å². The van der Waals surface area contributed by atoms with E-state index in [1.807, 2.05) is 0 Å². The second-order valence-electron chi connectivity index (χ2n) is 6.43. The second kappa shape index (κ2) is 9.54. The molecule has 4 N–H and O–H groups in total. The van der Waals surface area contributed by atoms with Crippen LogP contribution in [-0.2, 0) is 16.4 Å². The molecule has 0 aliphatic carbocycles. The lowest BCUT2D eigenvalue weighted by Gasteiger charge is -2.09. The van der Waals surface area contributed by atoms with Crippen molar-refractivity contribution in [3.63, 3.8) is 0 Å². The van der Waals surface area contributed by atoms with E-state index in [1.165, 1.54) is 24.3 Å². The van der Waals surface area contributed by atoms with E-state index in [4.69, 9.17) is 5.14 Å². The first-order chi connectivity index (χ1) is 15.0. The molecule has 3 rings (SSSR count). The lowest BCUT2D eigenvalue weighted by atomic mass is 10.1. The van der Waals surface area contributed by atoms with Crippen molar-refractivity contribution in [2.24, 2.45) is 5.14 Å². The number of carbonyl (C=O) groups is 1. The number of aromatic nitrogens is 1. The Morgan fingerprint density at radius 2 is 1.75 bits per heavy atom. The number of alkyl halides is 3. The number of nitrogens with one attached hydrogen (secondary N) is 2. The van der Waals surface area contributed by atoms with Gasteiger partial charge in [0.15, 0.2) is 5.13 Å². The van der Waals surface area contributed by atoms with Gasteiger partial charge in [0.1, 0.15) is 11.4 Å². The van der Waals surface area contributed by atoms with E-state index < -0.39 is 22.3 Å². The van der Waals surface area contributed by atoms with Gasteiger partial charge in [-0.2, -0.15) is 0 Å². The molecule has 0 saturated heterocycles. The summed E-state index contributed by atoms with van der Waals surface area (Å²) in [7, 11) is -3.75. The summed E-state index contributed by atoms with van der Waals surface area (Å²) in [6.45, 7) is 0.300. The molecule has 0 spiro atoms. The fourth-order valence-corrected chi connectivity index (χ4v) is 3.78. The predicted molar refractivity (Wildman–Crippen MR) is 112 cm³/mol. The number of rotatable bonds is 8. The molecular weight excluding hydrogens is 469 g/mol. The molecule has 32 heavy (non-hydrogen) atoms. The topological polar surface area (TPSA) is 123 Å². The van der Waals surface area contributed by atoms with Gasteiger partial charge in [-0.15, -0.1) is 24.5 Å². The van der Waals surface area contributed by atoms with Gasteiger partial charge in [0, 0.05) is 17.6 Å². The Kier molecular flexibility index (Phi) is 7.01. The third-order valence-corrected chi connectivity index (χ3v) is 5.71. The van der Waals surface area contributed by atoms with E-state index in [1.54, 1.807) is 17.5 Å². The molecule has 0 unspecified atom stereocenters. The second-order valence-corrected chi connectivity index (χ2v) is 8.85. The van der Waals surface area contributed by atoms with Crippen LogP contribution >= 0.6 is 11.3 Å². The van der Waals surface area contributed by atoms with E-state index in [2.05, 4.69) is 20.4 Å². The minimum Gasteiger partial charge on any atom is -0.406 e. The molecule has 1 heterocycles. The number of carbonyl (C=O) groups excluding carboxylic acids is 1. The van der Waals surface area contributed by atoms with Crippen molar-refractivity contribution < 1.29 is 31.1 Å². The summed E-state index contributed by atoms with van der Waals surface area (Å²) in [5.74, 6) is -0.745. The fraction of sp³-hybridized carbons (Fsp3) is 0.158. The Bertz CT molecular complexity index is 1180. The van der Waals surface area contributed by atoms with Crippen LogP contribution in [0.15, 0.2) is 58.8 Å². The van der Waals surface area contributed by atoms with E-state index >= 15 is 0 Å². The zero-order chi connectivity index (χ0) is 23.4. The first kappa shape index (κ1) is 23.5. The molecule has 3 aromatic rings. The van der Waals surface area contributed by atoms with Crippen LogP contribution in [0.2, 0.25) is 0 Å². The van der Waals surface area contributed by atoms with Gasteiger partial charge in [0.05, 0.1) is 4.90 Å². The molecule has 0 atom stereocenters. The third-order valence-electron chi connectivity index (χ3n) is 4.03. The molecule has 1 aromatic heterocycles. The summed E-state index contributed by atoms with van der Waals surface area (Å²) in [6.07, 6.45) is -4.29. The molecule has 0 aliphatic heterocycles. The molecule has 13 heteroatoms. The van der Waals surface area contributed by atoms with Crippen LogP contribution in [0.4, 0.5) is 24.0 Å².